The van der Waals surface area contributed by atoms with Gasteiger partial charge in [0.1, 0.15) is 22.8 Å². The summed E-state index contributed by atoms with van der Waals surface area (Å²) in [6, 6.07) is 0. The quantitative estimate of drug-likeness (QED) is 0.0429. The van der Waals surface area contributed by atoms with Crippen LogP contribution in [0.15, 0.2) is 0 Å². The van der Waals surface area contributed by atoms with Gasteiger partial charge in [0.15, 0.2) is 0 Å². The van der Waals surface area contributed by atoms with Gasteiger partial charge >= 0.3 is 40.8 Å². The van der Waals surface area contributed by atoms with E-state index >= 15 is 0 Å². The van der Waals surface area contributed by atoms with Gasteiger partial charge in [-0.25, -0.2) is 0 Å². The zero-order valence-electron chi connectivity index (χ0n) is 58.2. The molecule has 0 rings (SSSR count). The van der Waals surface area contributed by atoms with E-state index in [4.69, 9.17) is 13.6 Å². The van der Waals surface area contributed by atoms with Gasteiger partial charge in [-0.2, -0.15) is 0 Å². The first-order valence-electron chi connectivity index (χ1n) is 37.7. The molecule has 0 aliphatic heterocycles. The van der Waals surface area contributed by atoms with E-state index in [0.29, 0.717) is 19.8 Å². The van der Waals surface area contributed by atoms with Gasteiger partial charge in [-0.1, -0.05) is 388 Å². The Hall–Kier alpha value is 1.80. The van der Waals surface area contributed by atoms with Crippen LogP contribution in [0.25, 0.3) is 0 Å². The molecule has 0 aliphatic rings. The molecule has 0 saturated heterocycles. The van der Waals surface area contributed by atoms with Gasteiger partial charge in [-0.05, 0) is 38.5 Å². The minimum Gasteiger partial charge on any atom is -0.778 e. The van der Waals surface area contributed by atoms with Crippen molar-refractivity contribution in [1.82, 2.24) is 0 Å². The van der Waals surface area contributed by atoms with E-state index < -0.39 is 22.8 Å². The summed E-state index contributed by atoms with van der Waals surface area (Å²) in [7, 11) is -10.8. The van der Waals surface area contributed by atoms with Crippen molar-refractivity contribution in [2.24, 2.45) is 0 Å². The molecule has 0 aromatic rings. The molecule has 3 unspecified atom stereocenters. The first-order valence-corrected chi connectivity index (χ1v) is 42.9. The maximum atomic E-state index is 11.9. The molecular weight excluding hydrogens is 1250 g/mol. The van der Waals surface area contributed by atoms with Crippen molar-refractivity contribution in [3.8, 4) is 0 Å². The van der Waals surface area contributed by atoms with Crippen LogP contribution in [-0.2, 0) is 27.3 Å². The topological polar surface area (TPSA) is 148 Å². The Labute approximate surface area is 566 Å². The van der Waals surface area contributed by atoms with E-state index in [9.17, 15) is 28.4 Å². The summed E-state index contributed by atoms with van der Waals surface area (Å²) in [4.78, 5) is 35.8. The van der Waals surface area contributed by atoms with Gasteiger partial charge in [0.25, 0.3) is 0 Å². The maximum absolute atomic E-state index is 11.9. The summed E-state index contributed by atoms with van der Waals surface area (Å²) < 4.78 is 51.3. The smallest absolute Gasteiger partial charge is 0.778 e. The minimum atomic E-state index is -3.59. The zero-order valence-corrected chi connectivity index (χ0v) is 64.1. The van der Waals surface area contributed by atoms with E-state index in [1.54, 1.807) is 0 Å². The van der Waals surface area contributed by atoms with Crippen molar-refractivity contribution in [2.75, 3.05) is 38.3 Å². The molecule has 0 saturated carbocycles. The second-order valence-corrected chi connectivity index (χ2v) is 31.4. The Kier molecular flexibility index (Phi) is 85.8. The molecule has 9 nitrogen and oxygen atoms in total. The standard InChI is InChI=1S/3C24H51O3P.Nd/c3*1-3-5-7-9-11-13-15-17-19-21-23-27-28(25,26)24-22-20-18-16-14-12-10-8-6-4-2;/h3*3-24H2,1-2H3,(H,25,26);/q;;;+3/p-3. The van der Waals surface area contributed by atoms with Crippen molar-refractivity contribution >= 4 is 22.8 Å². The second-order valence-electron chi connectivity index (χ2n) is 25.6. The van der Waals surface area contributed by atoms with Gasteiger partial charge in [-0.15, -0.1) is 0 Å². The molecule has 0 aromatic heterocycles. The molecule has 0 aliphatic carbocycles. The normalized spacial score (nSPS) is 13.5. The Balaban J connectivity index is -0.000000576. The van der Waals surface area contributed by atoms with E-state index in [1.165, 1.54) is 289 Å². The van der Waals surface area contributed by atoms with Gasteiger partial charge in [0.05, 0.1) is 19.8 Å². The molecule has 0 bridgehead atoms. The molecule has 0 heterocycles. The predicted octanol–water partition coefficient (Wildman–Crippen LogP) is 25.2. The van der Waals surface area contributed by atoms with Crippen molar-refractivity contribution in [3.63, 3.8) is 0 Å². The second kappa shape index (κ2) is 78.2. The number of unbranched alkanes of at least 4 members (excludes halogenated alkanes) is 54. The molecule has 3 atom stereocenters. The van der Waals surface area contributed by atoms with Gasteiger partial charge in [-0.3, -0.25) is 0 Å². The minimum absolute atomic E-state index is 0. The average molecular weight is 1400 g/mol. The molecule has 0 amide bonds. The summed E-state index contributed by atoms with van der Waals surface area (Å²) in [5.74, 6) is 0. The molecular formula is C72H150NdO9P3. The van der Waals surface area contributed by atoms with Crippen molar-refractivity contribution in [2.45, 2.75) is 427 Å². The van der Waals surface area contributed by atoms with Crippen LogP contribution in [0.5, 0.6) is 0 Å². The fourth-order valence-corrected chi connectivity index (χ4v) is 14.4. The molecule has 0 aromatic carbocycles. The maximum Gasteiger partial charge on any atom is 3.00 e. The van der Waals surface area contributed by atoms with Crippen LogP contribution in [0.1, 0.15) is 427 Å². The van der Waals surface area contributed by atoms with Crippen molar-refractivity contribution < 1.29 is 82.8 Å². The van der Waals surface area contributed by atoms with Crippen molar-refractivity contribution in [1.29, 1.82) is 0 Å². The predicted molar refractivity (Wildman–Crippen MR) is 366 cm³/mol. The largest absolute Gasteiger partial charge is 3.00 e. The molecule has 511 valence electrons. The fourth-order valence-electron chi connectivity index (χ4n) is 11.0. The third kappa shape index (κ3) is 87.9. The van der Waals surface area contributed by atoms with Crippen LogP contribution < -0.4 is 14.7 Å². The summed E-state index contributed by atoms with van der Waals surface area (Å²) in [5, 5.41) is 0. The Bertz CT molecular complexity index is 1200. The summed E-state index contributed by atoms with van der Waals surface area (Å²) >= 11 is 0. The number of hydrogen-bond acceptors (Lipinski definition) is 9. The van der Waals surface area contributed by atoms with Crippen LogP contribution in [0.2, 0.25) is 0 Å². The number of hydrogen-bond donors (Lipinski definition) is 0. The third-order valence-corrected chi connectivity index (χ3v) is 21.0. The van der Waals surface area contributed by atoms with Crippen LogP contribution in [0.3, 0.4) is 0 Å². The van der Waals surface area contributed by atoms with Crippen molar-refractivity contribution in [3.05, 3.63) is 0 Å². The monoisotopic (exact) mass is 1390 g/mol. The van der Waals surface area contributed by atoms with Crippen LogP contribution in [0.4, 0.5) is 0 Å². The third-order valence-electron chi connectivity index (χ3n) is 16.7. The first-order chi connectivity index (χ1) is 40.9. The summed E-state index contributed by atoms with van der Waals surface area (Å²) in [6.07, 6.45) is 74.9. The van der Waals surface area contributed by atoms with E-state index in [1.807, 2.05) is 0 Å². The molecule has 1 radical (unpaired) electrons. The molecule has 0 spiro atoms. The molecule has 13 heteroatoms. The summed E-state index contributed by atoms with van der Waals surface area (Å²) in [6.45, 7) is 14.6. The number of rotatable bonds is 69. The molecule has 85 heavy (non-hydrogen) atoms. The van der Waals surface area contributed by atoms with E-state index in [2.05, 4.69) is 41.5 Å². The van der Waals surface area contributed by atoms with Crippen LogP contribution in [-0.4, -0.2) is 38.3 Å². The molecule has 0 fully saturated rings. The van der Waals surface area contributed by atoms with E-state index in [-0.39, 0.29) is 59.3 Å². The van der Waals surface area contributed by atoms with Crippen LogP contribution in [0, 0.1) is 40.8 Å². The first kappa shape index (κ1) is 93.2. The Morgan fingerprint density at radius 2 is 0.294 bits per heavy atom. The SMILES string of the molecule is CCCCCCCCCCCCOP(=O)([O-])CCCCCCCCCCCC.CCCCCCCCCCCCOP(=O)([O-])CCCCCCCCCCCC.CCCCCCCCCCCCOP(=O)([O-])CCCCCCCCCCCC.[Nd+3]. The van der Waals surface area contributed by atoms with Gasteiger partial charge in [0.2, 0.25) is 0 Å². The average Bonchev–Trinajstić information content (AvgIpc) is 3.52. The summed E-state index contributed by atoms with van der Waals surface area (Å²) in [5.41, 5.74) is 0. The Morgan fingerprint density at radius 1 is 0.188 bits per heavy atom. The van der Waals surface area contributed by atoms with E-state index in [0.717, 1.165) is 96.3 Å². The van der Waals surface area contributed by atoms with Gasteiger partial charge < -0.3 is 41.9 Å². The van der Waals surface area contributed by atoms with Crippen LogP contribution >= 0.6 is 22.8 Å². The van der Waals surface area contributed by atoms with Gasteiger partial charge in [0, 0.05) is 18.5 Å². The molecule has 0 N–H and O–H groups in total. The zero-order chi connectivity index (χ0) is 62.3. The fraction of sp³-hybridized carbons (Fsp3) is 1.00. The Morgan fingerprint density at radius 3 is 0.424 bits per heavy atom.